The van der Waals surface area contributed by atoms with Gasteiger partial charge in [0.1, 0.15) is 18.2 Å². The summed E-state index contributed by atoms with van der Waals surface area (Å²) in [6.45, 7) is 0.341. The van der Waals surface area contributed by atoms with Crippen molar-refractivity contribution in [2.24, 2.45) is 5.10 Å². The summed E-state index contributed by atoms with van der Waals surface area (Å²) < 4.78 is 44.4. The molecule has 0 spiro atoms. The van der Waals surface area contributed by atoms with Crippen LogP contribution in [0.4, 0.5) is 19.0 Å². The van der Waals surface area contributed by atoms with E-state index in [1.807, 2.05) is 24.3 Å². The van der Waals surface area contributed by atoms with Gasteiger partial charge in [-0.3, -0.25) is 5.43 Å². The number of nitrogens with one attached hydrogen (secondary N) is 1. The van der Waals surface area contributed by atoms with Crippen LogP contribution in [0.5, 0.6) is 5.75 Å². The number of anilines is 1. The van der Waals surface area contributed by atoms with Crippen LogP contribution in [-0.2, 0) is 12.8 Å². The Balaban J connectivity index is 1.68. The molecule has 4 nitrogen and oxygen atoms in total. The largest absolute Gasteiger partial charge is 0.488 e. The highest BCUT2D eigenvalue weighted by atomic mass is 79.9. The van der Waals surface area contributed by atoms with Gasteiger partial charge in [-0.25, -0.2) is 4.98 Å². The molecule has 3 aromatic rings. The van der Waals surface area contributed by atoms with Crippen molar-refractivity contribution in [2.45, 2.75) is 12.8 Å². The van der Waals surface area contributed by atoms with Gasteiger partial charge < -0.3 is 4.74 Å². The number of rotatable bonds is 6. The van der Waals surface area contributed by atoms with E-state index in [2.05, 4.69) is 31.4 Å². The summed E-state index contributed by atoms with van der Waals surface area (Å²) >= 11 is 9.27. The van der Waals surface area contributed by atoms with Crippen LogP contribution in [0.2, 0.25) is 5.02 Å². The maximum atomic E-state index is 12.6. The van der Waals surface area contributed by atoms with Gasteiger partial charge in [0.15, 0.2) is 0 Å². The van der Waals surface area contributed by atoms with Gasteiger partial charge in [0.2, 0.25) is 0 Å². The van der Waals surface area contributed by atoms with Crippen LogP contribution in [-0.4, -0.2) is 11.2 Å². The third-order valence-electron chi connectivity index (χ3n) is 3.75. The Bertz CT molecular complexity index is 993. The monoisotopic (exact) mass is 483 g/mol. The summed E-state index contributed by atoms with van der Waals surface area (Å²) in [5.74, 6) is 0.780. The summed E-state index contributed by atoms with van der Waals surface area (Å²) in [5, 5.41) is 4.68. The van der Waals surface area contributed by atoms with E-state index in [9.17, 15) is 13.2 Å². The van der Waals surface area contributed by atoms with E-state index in [4.69, 9.17) is 16.3 Å². The quantitative estimate of drug-likeness (QED) is 0.319. The van der Waals surface area contributed by atoms with Crippen molar-refractivity contribution in [3.8, 4) is 5.75 Å². The molecule has 1 aromatic heterocycles. The molecule has 2 aromatic carbocycles. The summed E-state index contributed by atoms with van der Waals surface area (Å²) in [7, 11) is 0. The third kappa shape index (κ3) is 6.20. The topological polar surface area (TPSA) is 46.5 Å². The van der Waals surface area contributed by atoms with Crippen molar-refractivity contribution in [1.82, 2.24) is 4.98 Å². The Morgan fingerprint density at radius 2 is 1.86 bits per heavy atom. The summed E-state index contributed by atoms with van der Waals surface area (Å²) in [5.41, 5.74) is 3.41. The lowest BCUT2D eigenvalue weighted by Crippen LogP contribution is -2.05. The summed E-state index contributed by atoms with van der Waals surface area (Å²) in [4.78, 5) is 3.70. The van der Waals surface area contributed by atoms with Crippen LogP contribution in [0.25, 0.3) is 0 Å². The van der Waals surface area contributed by atoms with Crippen molar-refractivity contribution >= 4 is 39.6 Å². The second-order valence-electron chi connectivity index (χ2n) is 5.90. The fraction of sp³-hybridized carbons (Fsp3) is 0.100. The van der Waals surface area contributed by atoms with Crippen LogP contribution in [0.15, 0.2) is 70.4 Å². The molecule has 0 bridgehead atoms. The highest BCUT2D eigenvalue weighted by Crippen LogP contribution is 2.29. The number of benzene rings is 2. The SMILES string of the molecule is FC(F)(F)c1ccc(N/N=C\c2cc(Br)ccc2OCc2ccc(Cl)cc2)nc1. The molecule has 0 fully saturated rings. The molecule has 29 heavy (non-hydrogen) atoms. The number of hydrazone groups is 1. The number of pyridine rings is 1. The van der Waals surface area contributed by atoms with Crippen molar-refractivity contribution in [3.05, 3.63) is 87.0 Å². The zero-order valence-electron chi connectivity index (χ0n) is 14.8. The van der Waals surface area contributed by atoms with Crippen molar-refractivity contribution in [3.63, 3.8) is 0 Å². The Kier molecular flexibility index (Phi) is 6.76. The van der Waals surface area contributed by atoms with Gasteiger partial charge in [-0.15, -0.1) is 0 Å². The van der Waals surface area contributed by atoms with Crippen LogP contribution >= 0.6 is 27.5 Å². The van der Waals surface area contributed by atoms with Gasteiger partial charge in [0.05, 0.1) is 11.8 Å². The molecular weight excluding hydrogens is 471 g/mol. The number of halogens is 5. The first-order valence-corrected chi connectivity index (χ1v) is 9.47. The molecule has 0 unspecified atom stereocenters. The average Bonchev–Trinajstić information content (AvgIpc) is 2.68. The van der Waals surface area contributed by atoms with Crippen molar-refractivity contribution in [2.75, 3.05) is 5.43 Å². The van der Waals surface area contributed by atoms with E-state index < -0.39 is 11.7 Å². The zero-order chi connectivity index (χ0) is 20.9. The van der Waals surface area contributed by atoms with Crippen LogP contribution in [0, 0.1) is 0 Å². The lowest BCUT2D eigenvalue weighted by Gasteiger charge is -2.10. The Morgan fingerprint density at radius 3 is 2.52 bits per heavy atom. The third-order valence-corrected chi connectivity index (χ3v) is 4.50. The first kappa shape index (κ1) is 21.1. The number of hydrogen-bond acceptors (Lipinski definition) is 4. The maximum Gasteiger partial charge on any atom is 0.417 e. The number of alkyl halides is 3. The zero-order valence-corrected chi connectivity index (χ0v) is 17.1. The second-order valence-corrected chi connectivity index (χ2v) is 7.25. The number of ether oxygens (including phenoxy) is 1. The maximum absolute atomic E-state index is 12.6. The lowest BCUT2D eigenvalue weighted by molar-refractivity contribution is -0.137. The van der Waals surface area contributed by atoms with Gasteiger partial charge >= 0.3 is 6.18 Å². The average molecular weight is 485 g/mol. The molecule has 0 saturated carbocycles. The highest BCUT2D eigenvalue weighted by Gasteiger charge is 2.30. The Labute approximate surface area is 178 Å². The normalized spacial score (nSPS) is 11.6. The standard InChI is InChI=1S/C20H14BrClF3N3O/c21-16-4-7-18(29-12-13-1-5-17(22)6-2-13)14(9-16)10-27-28-19-8-3-15(11-26-19)20(23,24)25/h1-11H,12H2,(H,26,28)/b27-10-. The van der Waals surface area contributed by atoms with Crippen LogP contribution in [0.1, 0.15) is 16.7 Å². The molecule has 0 saturated heterocycles. The fourth-order valence-electron chi connectivity index (χ4n) is 2.29. The molecule has 1 heterocycles. The predicted octanol–water partition coefficient (Wildman–Crippen LogP) is 6.54. The lowest BCUT2D eigenvalue weighted by atomic mass is 10.2. The Morgan fingerprint density at radius 1 is 1.10 bits per heavy atom. The molecule has 0 atom stereocenters. The van der Waals surface area contributed by atoms with E-state index in [-0.39, 0.29) is 5.82 Å². The van der Waals surface area contributed by atoms with E-state index in [1.165, 1.54) is 12.3 Å². The van der Waals surface area contributed by atoms with E-state index in [1.54, 1.807) is 18.2 Å². The molecule has 0 aliphatic heterocycles. The molecule has 0 amide bonds. The van der Waals surface area contributed by atoms with Crippen LogP contribution < -0.4 is 10.2 Å². The molecule has 150 valence electrons. The minimum absolute atomic E-state index is 0.188. The van der Waals surface area contributed by atoms with E-state index >= 15 is 0 Å². The smallest absolute Gasteiger partial charge is 0.417 e. The molecule has 9 heteroatoms. The van der Waals surface area contributed by atoms with Gasteiger partial charge in [0, 0.05) is 21.3 Å². The summed E-state index contributed by atoms with van der Waals surface area (Å²) in [6.07, 6.45) is -2.18. The fourth-order valence-corrected chi connectivity index (χ4v) is 2.79. The van der Waals surface area contributed by atoms with E-state index in [0.29, 0.717) is 22.9 Å². The number of nitrogens with zero attached hydrogens (tertiary/aromatic N) is 2. The minimum atomic E-state index is -4.43. The summed E-state index contributed by atoms with van der Waals surface area (Å²) in [6, 6.07) is 14.9. The molecule has 1 N–H and O–H groups in total. The first-order valence-electron chi connectivity index (χ1n) is 8.30. The number of aromatic nitrogens is 1. The second kappa shape index (κ2) is 9.28. The molecule has 0 radical (unpaired) electrons. The molecule has 0 aliphatic carbocycles. The Hall–Kier alpha value is -2.58. The van der Waals surface area contributed by atoms with Gasteiger partial charge in [-0.2, -0.15) is 18.3 Å². The van der Waals surface area contributed by atoms with E-state index in [0.717, 1.165) is 22.3 Å². The highest BCUT2D eigenvalue weighted by molar-refractivity contribution is 9.10. The van der Waals surface area contributed by atoms with Crippen molar-refractivity contribution < 1.29 is 17.9 Å². The van der Waals surface area contributed by atoms with Gasteiger partial charge in [-0.05, 0) is 48.0 Å². The van der Waals surface area contributed by atoms with Gasteiger partial charge in [0.25, 0.3) is 0 Å². The van der Waals surface area contributed by atoms with Gasteiger partial charge in [-0.1, -0.05) is 39.7 Å². The number of hydrogen-bond donors (Lipinski definition) is 1. The van der Waals surface area contributed by atoms with Crippen LogP contribution in [0.3, 0.4) is 0 Å². The molecular formula is C20H14BrClF3N3O. The molecule has 0 aliphatic rings. The van der Waals surface area contributed by atoms with Crippen molar-refractivity contribution in [1.29, 1.82) is 0 Å². The predicted molar refractivity (Wildman–Crippen MR) is 110 cm³/mol. The molecule has 3 rings (SSSR count). The minimum Gasteiger partial charge on any atom is -0.488 e. The first-order chi connectivity index (χ1) is 13.8.